The molecule has 10 nitrogen and oxygen atoms in total. The van der Waals surface area contributed by atoms with Crippen LogP contribution in [0.25, 0.3) is 5.57 Å². The van der Waals surface area contributed by atoms with Crippen LogP contribution in [0.1, 0.15) is 16.0 Å². The van der Waals surface area contributed by atoms with Crippen molar-refractivity contribution in [3.63, 3.8) is 0 Å². The Morgan fingerprint density at radius 1 is 1.21 bits per heavy atom. The first-order chi connectivity index (χ1) is 16.3. The summed E-state index contributed by atoms with van der Waals surface area (Å²) >= 11 is 3.16. The third kappa shape index (κ3) is 4.67. The Balaban J connectivity index is 1.60. The molecule has 0 aliphatic carbocycles. The van der Waals surface area contributed by atoms with Crippen LogP contribution in [-0.4, -0.2) is 28.2 Å². The van der Waals surface area contributed by atoms with Crippen LogP contribution in [0.15, 0.2) is 64.6 Å². The summed E-state index contributed by atoms with van der Waals surface area (Å²) in [6.45, 7) is 0.296. The van der Waals surface area contributed by atoms with Crippen LogP contribution >= 0.6 is 23.1 Å². The van der Waals surface area contributed by atoms with Crippen molar-refractivity contribution in [1.82, 2.24) is 4.90 Å². The molecular formula is C22H19N5O5S2. The van der Waals surface area contributed by atoms with Gasteiger partial charge in [0.1, 0.15) is 11.6 Å². The molecule has 0 spiro atoms. The number of nitrogens with two attached hydrogens (primary N) is 2. The van der Waals surface area contributed by atoms with Gasteiger partial charge in [0.2, 0.25) is 0 Å². The number of carbonyl (C=O) groups excluding carboxylic acids is 2. The van der Waals surface area contributed by atoms with Crippen LogP contribution in [-0.2, 0) is 6.54 Å². The molecular weight excluding hydrogens is 478 g/mol. The second kappa shape index (κ2) is 9.45. The number of amides is 3. The molecule has 34 heavy (non-hydrogen) atoms. The number of thiophene rings is 1. The predicted octanol–water partition coefficient (Wildman–Crippen LogP) is 4.56. The van der Waals surface area contributed by atoms with E-state index in [4.69, 9.17) is 16.2 Å². The number of anilines is 1. The van der Waals surface area contributed by atoms with E-state index in [0.717, 1.165) is 14.6 Å². The molecule has 1 aliphatic heterocycles. The van der Waals surface area contributed by atoms with Crippen LogP contribution in [0.3, 0.4) is 0 Å². The number of primary amides is 1. The fourth-order valence-electron chi connectivity index (χ4n) is 3.47. The van der Waals surface area contributed by atoms with Crippen molar-refractivity contribution in [3.05, 3.63) is 86.5 Å². The number of fused-ring (bicyclic) bond motifs is 1. The van der Waals surface area contributed by atoms with Crippen molar-refractivity contribution < 1.29 is 19.2 Å². The largest absolute Gasteiger partial charge is 0.417 e. The van der Waals surface area contributed by atoms with Crippen molar-refractivity contribution in [1.29, 1.82) is 0 Å². The highest BCUT2D eigenvalue weighted by Gasteiger charge is 2.29. The lowest BCUT2D eigenvalue weighted by atomic mass is 9.95. The average Bonchev–Trinajstić information content (AvgIpc) is 3.21. The molecule has 4 rings (SSSR count). The molecule has 5 N–H and O–H groups in total. The number of non-ortho nitro benzene ring substituents is 1. The zero-order chi connectivity index (χ0) is 24.4. The van der Waals surface area contributed by atoms with Gasteiger partial charge in [-0.3, -0.25) is 20.3 Å². The summed E-state index contributed by atoms with van der Waals surface area (Å²) in [5.41, 5.74) is 14.5. The average molecular weight is 498 g/mol. The van der Waals surface area contributed by atoms with E-state index in [9.17, 15) is 19.7 Å². The Morgan fingerprint density at radius 3 is 2.59 bits per heavy atom. The lowest BCUT2D eigenvalue weighted by Crippen LogP contribution is -2.40. The summed E-state index contributed by atoms with van der Waals surface area (Å²) in [5.74, 6) is 0.388. The van der Waals surface area contributed by atoms with Crippen LogP contribution in [0.4, 0.5) is 21.0 Å². The molecule has 0 saturated carbocycles. The first-order valence-electron chi connectivity index (χ1n) is 9.84. The number of carbonyl (C=O) groups is 2. The Bertz CT molecular complexity index is 1320. The van der Waals surface area contributed by atoms with Crippen molar-refractivity contribution in [2.24, 2.45) is 11.5 Å². The maximum absolute atomic E-state index is 12.4. The van der Waals surface area contributed by atoms with Gasteiger partial charge >= 0.3 is 12.1 Å². The number of nitro groups is 1. The van der Waals surface area contributed by atoms with E-state index in [1.165, 1.54) is 29.2 Å². The SMILES string of the molecule is CSc1cc2c(s1)CN(C(N)=O)C(N)=C2c1cccc(NC(=O)Oc2ccc([N+](=O)[O-])cc2)c1. The molecule has 1 aliphatic rings. The molecule has 3 aromatic rings. The van der Waals surface area contributed by atoms with E-state index in [1.807, 2.05) is 18.4 Å². The van der Waals surface area contributed by atoms with Gasteiger partial charge in [-0.1, -0.05) is 12.1 Å². The molecule has 12 heteroatoms. The zero-order valence-electron chi connectivity index (χ0n) is 17.8. The second-order valence-electron chi connectivity index (χ2n) is 7.14. The number of nitrogens with one attached hydrogen (secondary N) is 1. The van der Waals surface area contributed by atoms with Gasteiger partial charge in [-0.25, -0.2) is 9.59 Å². The van der Waals surface area contributed by atoms with Gasteiger partial charge in [0, 0.05) is 33.8 Å². The van der Waals surface area contributed by atoms with Crippen molar-refractivity contribution in [3.8, 4) is 5.75 Å². The summed E-state index contributed by atoms with van der Waals surface area (Å²) in [7, 11) is 0. The normalized spacial score (nSPS) is 12.8. The molecule has 2 aromatic carbocycles. The number of nitro benzene ring substituents is 1. The van der Waals surface area contributed by atoms with Gasteiger partial charge in [0.15, 0.2) is 0 Å². The number of ether oxygens (including phenoxy) is 1. The molecule has 0 radical (unpaired) electrons. The van der Waals surface area contributed by atoms with Crippen LogP contribution in [0.5, 0.6) is 5.75 Å². The van der Waals surface area contributed by atoms with Gasteiger partial charge in [0.25, 0.3) is 5.69 Å². The standard InChI is InChI=1S/C22H19N5O5S2/c1-33-18-10-16-17(34-18)11-26(21(24)28)20(23)19(16)12-3-2-4-13(9-12)25-22(29)32-15-7-5-14(6-8-15)27(30)31/h2-10H,11,23H2,1H3,(H2,24,28)(H,25,29). The number of nitrogens with zero attached hydrogens (tertiary/aromatic N) is 2. The Hall–Kier alpha value is -4.03. The van der Waals surface area contributed by atoms with Crippen LogP contribution in [0, 0.1) is 10.1 Å². The van der Waals surface area contributed by atoms with Gasteiger partial charge in [-0.05, 0) is 42.2 Å². The number of rotatable bonds is 5. The first-order valence-corrected chi connectivity index (χ1v) is 11.9. The second-order valence-corrected chi connectivity index (χ2v) is 9.38. The fourth-order valence-corrected chi connectivity index (χ4v) is 5.23. The monoisotopic (exact) mass is 497 g/mol. The maximum atomic E-state index is 12.4. The minimum absolute atomic E-state index is 0.110. The number of benzene rings is 2. The zero-order valence-corrected chi connectivity index (χ0v) is 19.4. The maximum Gasteiger partial charge on any atom is 0.417 e. The van der Waals surface area contributed by atoms with E-state index in [2.05, 4.69) is 5.32 Å². The summed E-state index contributed by atoms with van der Waals surface area (Å²) in [6.07, 6.45) is 1.20. The van der Waals surface area contributed by atoms with Crippen LogP contribution < -0.4 is 21.5 Å². The third-order valence-corrected chi connectivity index (χ3v) is 7.21. The van der Waals surface area contributed by atoms with E-state index in [1.54, 1.807) is 41.3 Å². The highest BCUT2D eigenvalue weighted by molar-refractivity contribution is 8.00. The van der Waals surface area contributed by atoms with E-state index in [-0.39, 0.29) is 17.3 Å². The minimum Gasteiger partial charge on any atom is -0.410 e. The van der Waals surface area contributed by atoms with Gasteiger partial charge in [0.05, 0.1) is 15.7 Å². The molecule has 3 amide bonds. The summed E-state index contributed by atoms with van der Waals surface area (Å²) < 4.78 is 6.27. The van der Waals surface area contributed by atoms with Crippen LogP contribution in [0.2, 0.25) is 0 Å². The Kier molecular flexibility index (Phi) is 6.43. The minimum atomic E-state index is -0.767. The predicted molar refractivity (Wildman–Crippen MR) is 131 cm³/mol. The molecule has 0 fully saturated rings. The summed E-state index contributed by atoms with van der Waals surface area (Å²) in [6, 6.07) is 13.5. The topological polar surface area (TPSA) is 154 Å². The molecule has 0 bridgehead atoms. The highest BCUT2D eigenvalue weighted by atomic mass is 32.2. The van der Waals surface area contributed by atoms with Crippen molar-refractivity contribution in [2.75, 3.05) is 11.6 Å². The van der Waals surface area contributed by atoms with Crippen molar-refractivity contribution >= 4 is 52.2 Å². The first kappa shape index (κ1) is 23.1. The molecule has 0 atom stereocenters. The smallest absolute Gasteiger partial charge is 0.410 e. The molecule has 1 aromatic heterocycles. The Morgan fingerprint density at radius 2 is 1.94 bits per heavy atom. The number of hydrogen-bond donors (Lipinski definition) is 3. The third-order valence-electron chi connectivity index (χ3n) is 5.03. The summed E-state index contributed by atoms with van der Waals surface area (Å²) in [5, 5.41) is 13.4. The lowest BCUT2D eigenvalue weighted by molar-refractivity contribution is -0.384. The fraction of sp³-hybridized carbons (Fsp3) is 0.0909. The van der Waals surface area contributed by atoms with Crippen molar-refractivity contribution in [2.45, 2.75) is 10.8 Å². The van der Waals surface area contributed by atoms with E-state index in [0.29, 0.717) is 23.4 Å². The molecule has 0 unspecified atom stereocenters. The summed E-state index contributed by atoms with van der Waals surface area (Å²) in [4.78, 5) is 36.9. The lowest BCUT2D eigenvalue weighted by Gasteiger charge is -2.28. The molecule has 0 saturated heterocycles. The van der Waals surface area contributed by atoms with E-state index >= 15 is 0 Å². The number of thioether (sulfide) groups is 1. The quantitative estimate of drug-likeness (QED) is 0.265. The molecule has 174 valence electrons. The van der Waals surface area contributed by atoms with Gasteiger partial charge < -0.3 is 16.2 Å². The van der Waals surface area contributed by atoms with E-state index < -0.39 is 17.0 Å². The molecule has 2 heterocycles. The van der Waals surface area contributed by atoms with Gasteiger partial charge in [-0.15, -0.1) is 23.1 Å². The van der Waals surface area contributed by atoms with Gasteiger partial charge in [-0.2, -0.15) is 0 Å². The number of urea groups is 1. The highest BCUT2D eigenvalue weighted by Crippen LogP contribution is 2.41. The Labute approximate surface area is 202 Å². The number of hydrogen-bond acceptors (Lipinski definition) is 8.